The van der Waals surface area contributed by atoms with Crippen molar-refractivity contribution >= 4 is 62.5 Å². The maximum absolute atomic E-state index is 13.2. The topological polar surface area (TPSA) is 106 Å². The molecule has 3 aromatic rings. The van der Waals surface area contributed by atoms with E-state index in [1.807, 2.05) is 13.0 Å². The molecule has 2 amide bonds. The number of aryl methyl sites for hydroxylation is 2. The molecular formula is C23H16BrN3O5S. The van der Waals surface area contributed by atoms with Gasteiger partial charge >= 0.3 is 0 Å². The molecule has 166 valence electrons. The number of hydrogen-bond donors (Lipinski definition) is 1. The number of carbonyl (C=O) groups excluding carboxylic acids is 2. The van der Waals surface area contributed by atoms with Gasteiger partial charge in [-0.2, -0.15) is 0 Å². The molecule has 1 aromatic heterocycles. The average Bonchev–Trinajstić information content (AvgIpc) is 3.20. The van der Waals surface area contributed by atoms with E-state index in [0.717, 1.165) is 10.0 Å². The van der Waals surface area contributed by atoms with Crippen molar-refractivity contribution in [2.75, 3.05) is 4.90 Å². The second-order valence-corrected chi connectivity index (χ2v) is 8.65. The highest BCUT2D eigenvalue weighted by atomic mass is 79.9. The lowest BCUT2D eigenvalue weighted by Gasteiger charge is -2.29. The number of non-ortho nitro benzene ring substituents is 1. The maximum atomic E-state index is 13.2. The summed E-state index contributed by atoms with van der Waals surface area (Å²) in [6.07, 6.45) is 1.35. The van der Waals surface area contributed by atoms with E-state index in [9.17, 15) is 19.7 Å². The Balaban J connectivity index is 1.68. The number of benzene rings is 2. The molecule has 0 bridgehead atoms. The predicted molar refractivity (Wildman–Crippen MR) is 131 cm³/mol. The monoisotopic (exact) mass is 525 g/mol. The summed E-state index contributed by atoms with van der Waals surface area (Å²) in [4.78, 5) is 37.5. The molecule has 2 aromatic carbocycles. The molecule has 1 aliphatic heterocycles. The van der Waals surface area contributed by atoms with Crippen molar-refractivity contribution in [2.45, 2.75) is 13.8 Å². The number of amides is 2. The molecule has 33 heavy (non-hydrogen) atoms. The zero-order valence-electron chi connectivity index (χ0n) is 17.4. The van der Waals surface area contributed by atoms with E-state index in [-0.39, 0.29) is 22.1 Å². The summed E-state index contributed by atoms with van der Waals surface area (Å²) in [6.45, 7) is 3.57. The molecule has 2 heterocycles. The Morgan fingerprint density at radius 3 is 2.52 bits per heavy atom. The van der Waals surface area contributed by atoms with Gasteiger partial charge in [-0.3, -0.25) is 29.9 Å². The third kappa shape index (κ3) is 4.35. The van der Waals surface area contributed by atoms with Crippen molar-refractivity contribution in [2.24, 2.45) is 0 Å². The number of nitrogens with one attached hydrogen (secondary N) is 1. The fourth-order valence-electron chi connectivity index (χ4n) is 3.50. The van der Waals surface area contributed by atoms with E-state index < -0.39 is 16.7 Å². The number of rotatable bonds is 4. The number of nitro groups is 1. The van der Waals surface area contributed by atoms with Gasteiger partial charge in [-0.05, 0) is 79.7 Å². The molecule has 1 aliphatic rings. The molecular weight excluding hydrogens is 510 g/mol. The number of nitro benzene ring substituents is 1. The predicted octanol–water partition coefficient (Wildman–Crippen LogP) is 5.07. The van der Waals surface area contributed by atoms with Gasteiger partial charge in [0.25, 0.3) is 17.5 Å². The molecule has 8 nitrogen and oxygen atoms in total. The van der Waals surface area contributed by atoms with Crippen LogP contribution in [0.4, 0.5) is 11.4 Å². The number of anilines is 1. The van der Waals surface area contributed by atoms with Crippen LogP contribution in [0.5, 0.6) is 0 Å². The Labute approximate surface area is 202 Å². The van der Waals surface area contributed by atoms with Crippen molar-refractivity contribution in [3.05, 3.63) is 85.6 Å². The molecule has 10 heteroatoms. The molecule has 1 saturated heterocycles. The van der Waals surface area contributed by atoms with Crippen LogP contribution in [0.1, 0.15) is 16.9 Å². The molecule has 0 unspecified atom stereocenters. The summed E-state index contributed by atoms with van der Waals surface area (Å²) in [5, 5.41) is 13.5. The van der Waals surface area contributed by atoms with Gasteiger partial charge in [-0.15, -0.1) is 0 Å². The summed E-state index contributed by atoms with van der Waals surface area (Å²) in [5.74, 6) is -0.463. The van der Waals surface area contributed by atoms with Crippen molar-refractivity contribution in [3.8, 4) is 11.3 Å². The van der Waals surface area contributed by atoms with Gasteiger partial charge in [-0.1, -0.05) is 15.9 Å². The second kappa shape index (κ2) is 8.72. The summed E-state index contributed by atoms with van der Waals surface area (Å²) >= 11 is 8.64. The smallest absolute Gasteiger partial charge is 0.270 e. The van der Waals surface area contributed by atoms with Crippen molar-refractivity contribution < 1.29 is 18.9 Å². The number of thiocarbonyl (C=S) groups is 1. The van der Waals surface area contributed by atoms with E-state index in [1.165, 1.54) is 23.1 Å². The van der Waals surface area contributed by atoms with Crippen LogP contribution < -0.4 is 10.2 Å². The highest BCUT2D eigenvalue weighted by Crippen LogP contribution is 2.31. The molecule has 1 N–H and O–H groups in total. The van der Waals surface area contributed by atoms with Gasteiger partial charge in [0.1, 0.15) is 17.1 Å². The molecule has 0 spiro atoms. The van der Waals surface area contributed by atoms with E-state index >= 15 is 0 Å². The van der Waals surface area contributed by atoms with E-state index in [4.69, 9.17) is 16.6 Å². The molecule has 0 atom stereocenters. The first kappa shape index (κ1) is 22.6. The lowest BCUT2D eigenvalue weighted by Crippen LogP contribution is -2.54. The molecule has 1 fully saturated rings. The zero-order valence-corrected chi connectivity index (χ0v) is 19.8. The number of carbonyl (C=O) groups is 2. The minimum atomic E-state index is -0.625. The average molecular weight is 526 g/mol. The van der Waals surface area contributed by atoms with Gasteiger partial charge in [-0.25, -0.2) is 0 Å². The SMILES string of the molecule is Cc1cc([N+](=O)[O-])ccc1-c1ccc(/C=C2/C(=O)NC(=S)N(c3ccc(Br)cc3C)C2=O)o1. The van der Waals surface area contributed by atoms with Gasteiger partial charge < -0.3 is 4.42 Å². The lowest BCUT2D eigenvalue weighted by atomic mass is 10.1. The van der Waals surface area contributed by atoms with Crippen LogP contribution >= 0.6 is 28.1 Å². The number of hydrogen-bond acceptors (Lipinski definition) is 6. The maximum Gasteiger partial charge on any atom is 0.270 e. The van der Waals surface area contributed by atoms with Gasteiger partial charge in [0, 0.05) is 22.2 Å². The van der Waals surface area contributed by atoms with Crippen molar-refractivity contribution in [1.82, 2.24) is 5.32 Å². The summed E-state index contributed by atoms with van der Waals surface area (Å²) in [5.41, 5.74) is 2.52. The molecule has 0 saturated carbocycles. The highest BCUT2D eigenvalue weighted by Gasteiger charge is 2.35. The van der Waals surface area contributed by atoms with Crippen LogP contribution in [-0.4, -0.2) is 21.9 Å². The zero-order chi connectivity index (χ0) is 23.9. The van der Waals surface area contributed by atoms with Crippen LogP contribution in [0.3, 0.4) is 0 Å². The van der Waals surface area contributed by atoms with Crippen LogP contribution in [0, 0.1) is 24.0 Å². The minimum Gasteiger partial charge on any atom is -0.457 e. The summed E-state index contributed by atoms with van der Waals surface area (Å²) in [7, 11) is 0. The third-order valence-electron chi connectivity index (χ3n) is 5.10. The van der Waals surface area contributed by atoms with Crippen LogP contribution in [-0.2, 0) is 9.59 Å². The van der Waals surface area contributed by atoms with Gasteiger partial charge in [0.15, 0.2) is 5.11 Å². The Hall–Kier alpha value is -3.63. The largest absolute Gasteiger partial charge is 0.457 e. The first-order valence-corrected chi connectivity index (χ1v) is 10.9. The van der Waals surface area contributed by atoms with Crippen LogP contribution in [0.2, 0.25) is 0 Å². The minimum absolute atomic E-state index is 0.00536. The normalized spacial score (nSPS) is 15.2. The fourth-order valence-corrected chi connectivity index (χ4v) is 4.25. The lowest BCUT2D eigenvalue weighted by molar-refractivity contribution is -0.384. The van der Waals surface area contributed by atoms with E-state index in [0.29, 0.717) is 22.6 Å². The van der Waals surface area contributed by atoms with E-state index in [1.54, 1.807) is 37.3 Å². The Kier molecular flexibility index (Phi) is 5.96. The first-order valence-electron chi connectivity index (χ1n) is 9.68. The standard InChI is InChI=1S/C23H16BrN3O5S/c1-12-10-15(27(30)31)4-6-17(12)20-8-5-16(32-20)11-18-21(28)25-23(33)26(22(18)29)19-7-3-14(24)9-13(19)2/h3-11H,1-2H3,(H,25,28,33)/b18-11-. The molecule has 0 radical (unpaired) electrons. The Morgan fingerprint density at radius 2 is 1.85 bits per heavy atom. The van der Waals surface area contributed by atoms with Crippen molar-refractivity contribution in [1.29, 1.82) is 0 Å². The summed E-state index contributed by atoms with van der Waals surface area (Å²) < 4.78 is 6.67. The summed E-state index contributed by atoms with van der Waals surface area (Å²) in [6, 6.07) is 13.1. The van der Waals surface area contributed by atoms with Crippen LogP contribution in [0.15, 0.2) is 63.0 Å². The second-order valence-electron chi connectivity index (χ2n) is 7.35. The number of furan rings is 1. The molecule has 0 aliphatic carbocycles. The highest BCUT2D eigenvalue weighted by molar-refractivity contribution is 9.10. The fraction of sp³-hybridized carbons (Fsp3) is 0.0870. The Morgan fingerprint density at radius 1 is 1.09 bits per heavy atom. The number of halogens is 1. The number of nitrogens with zero attached hydrogens (tertiary/aromatic N) is 2. The Bertz CT molecular complexity index is 1380. The van der Waals surface area contributed by atoms with Crippen LogP contribution in [0.25, 0.3) is 17.4 Å². The van der Waals surface area contributed by atoms with Gasteiger partial charge in [0.05, 0.1) is 10.6 Å². The third-order valence-corrected chi connectivity index (χ3v) is 5.88. The van der Waals surface area contributed by atoms with Gasteiger partial charge in [0.2, 0.25) is 0 Å². The van der Waals surface area contributed by atoms with E-state index in [2.05, 4.69) is 21.2 Å². The first-order chi connectivity index (χ1) is 15.7. The quantitative estimate of drug-likeness (QED) is 0.167. The molecule has 4 rings (SSSR count). The van der Waals surface area contributed by atoms with Crippen molar-refractivity contribution in [3.63, 3.8) is 0 Å².